The molecule has 0 bridgehead atoms. The molecule has 0 aromatic carbocycles. The van der Waals surface area contributed by atoms with Gasteiger partial charge in [-0.3, -0.25) is 9.59 Å². The fourth-order valence-electron chi connectivity index (χ4n) is 3.46. The first-order valence-corrected chi connectivity index (χ1v) is 12.0. The van der Waals surface area contributed by atoms with E-state index in [0.717, 1.165) is 51.7 Å². The topological polar surface area (TPSA) is 63.6 Å². The summed E-state index contributed by atoms with van der Waals surface area (Å²) in [5.74, 6) is -0.265. The third-order valence-corrected chi connectivity index (χ3v) is 5.19. The summed E-state index contributed by atoms with van der Waals surface area (Å²) in [7, 11) is 0. The SMILES string of the molecule is CCCOCCCC(=O)CCCCCCCCCCCCCCCCC(=O)O. The number of carbonyl (C=O) groups excluding carboxylic acids is 1. The van der Waals surface area contributed by atoms with Crippen LogP contribution in [-0.2, 0) is 14.3 Å². The minimum Gasteiger partial charge on any atom is -0.481 e. The normalized spacial score (nSPS) is 11.0. The van der Waals surface area contributed by atoms with E-state index in [1.54, 1.807) is 0 Å². The Morgan fingerprint density at radius 2 is 0.964 bits per heavy atom. The fraction of sp³-hybridized carbons (Fsp3) is 0.917. The van der Waals surface area contributed by atoms with Gasteiger partial charge in [0, 0.05) is 32.5 Å². The first kappa shape index (κ1) is 27.1. The molecule has 0 radical (unpaired) electrons. The Morgan fingerprint density at radius 3 is 1.39 bits per heavy atom. The number of carboxylic acid groups (broad SMARTS) is 1. The molecule has 0 aromatic heterocycles. The zero-order valence-corrected chi connectivity index (χ0v) is 18.5. The van der Waals surface area contributed by atoms with Crippen LogP contribution in [0.25, 0.3) is 0 Å². The van der Waals surface area contributed by atoms with E-state index in [4.69, 9.17) is 9.84 Å². The molecule has 28 heavy (non-hydrogen) atoms. The summed E-state index contributed by atoms with van der Waals surface area (Å²) in [5, 5.41) is 8.57. The number of carbonyl (C=O) groups is 2. The number of carboxylic acids is 1. The highest BCUT2D eigenvalue weighted by molar-refractivity contribution is 5.78. The lowest BCUT2D eigenvalue weighted by Gasteiger charge is -2.04. The van der Waals surface area contributed by atoms with Crippen molar-refractivity contribution < 1.29 is 19.4 Å². The number of hydrogen-bond donors (Lipinski definition) is 1. The maximum atomic E-state index is 11.8. The van der Waals surface area contributed by atoms with Gasteiger partial charge in [-0.25, -0.2) is 0 Å². The molecule has 4 heteroatoms. The first-order valence-electron chi connectivity index (χ1n) is 12.0. The lowest BCUT2D eigenvalue weighted by atomic mass is 10.0. The third kappa shape index (κ3) is 23.1. The molecule has 0 rings (SSSR count). The van der Waals surface area contributed by atoms with Crippen molar-refractivity contribution in [1.29, 1.82) is 0 Å². The quantitative estimate of drug-likeness (QED) is 0.187. The lowest BCUT2D eigenvalue weighted by molar-refractivity contribution is -0.137. The molecule has 166 valence electrons. The van der Waals surface area contributed by atoms with Gasteiger partial charge in [0.25, 0.3) is 0 Å². The first-order chi connectivity index (χ1) is 13.7. The van der Waals surface area contributed by atoms with Crippen molar-refractivity contribution in [2.24, 2.45) is 0 Å². The van der Waals surface area contributed by atoms with Crippen LogP contribution in [0.4, 0.5) is 0 Å². The summed E-state index contributed by atoms with van der Waals surface area (Å²) < 4.78 is 5.40. The predicted octanol–water partition coefficient (Wildman–Crippen LogP) is 7.09. The minimum atomic E-state index is -0.669. The van der Waals surface area contributed by atoms with Crippen molar-refractivity contribution in [2.45, 2.75) is 129 Å². The second-order valence-corrected chi connectivity index (χ2v) is 8.10. The molecule has 0 unspecified atom stereocenters. The summed E-state index contributed by atoms with van der Waals surface area (Å²) in [4.78, 5) is 22.2. The molecule has 4 nitrogen and oxygen atoms in total. The maximum Gasteiger partial charge on any atom is 0.303 e. The molecule has 0 aliphatic carbocycles. The molecule has 0 spiro atoms. The van der Waals surface area contributed by atoms with E-state index in [1.807, 2.05) is 0 Å². The van der Waals surface area contributed by atoms with E-state index in [-0.39, 0.29) is 0 Å². The Balaban J connectivity index is 3.11. The molecule has 0 aliphatic heterocycles. The Morgan fingerprint density at radius 1 is 0.571 bits per heavy atom. The standard InChI is InChI=1S/C24H46O4/c1-2-21-28-22-17-19-23(25)18-15-13-11-9-7-5-3-4-6-8-10-12-14-16-20-24(26)27/h2-22H2,1H3,(H,26,27). The highest BCUT2D eigenvalue weighted by Gasteiger charge is 2.02. The number of rotatable bonds is 23. The molecule has 0 heterocycles. The van der Waals surface area contributed by atoms with Crippen molar-refractivity contribution in [2.75, 3.05) is 13.2 Å². The predicted molar refractivity (Wildman–Crippen MR) is 117 cm³/mol. The van der Waals surface area contributed by atoms with Gasteiger partial charge in [-0.2, -0.15) is 0 Å². The Hall–Kier alpha value is -0.900. The minimum absolute atomic E-state index is 0.324. The average Bonchev–Trinajstić information content (AvgIpc) is 2.67. The third-order valence-electron chi connectivity index (χ3n) is 5.19. The maximum absolute atomic E-state index is 11.8. The molecule has 0 aromatic rings. The number of ketones is 1. The van der Waals surface area contributed by atoms with Crippen molar-refractivity contribution in [1.82, 2.24) is 0 Å². The second kappa shape index (κ2) is 22.4. The van der Waals surface area contributed by atoms with Crippen LogP contribution in [0.5, 0.6) is 0 Å². The van der Waals surface area contributed by atoms with Gasteiger partial charge in [-0.05, 0) is 25.7 Å². The van der Waals surface area contributed by atoms with Crippen LogP contribution in [-0.4, -0.2) is 30.1 Å². The van der Waals surface area contributed by atoms with E-state index < -0.39 is 5.97 Å². The van der Waals surface area contributed by atoms with Crippen molar-refractivity contribution >= 4 is 11.8 Å². The van der Waals surface area contributed by atoms with E-state index in [2.05, 4.69) is 6.92 Å². The zero-order valence-electron chi connectivity index (χ0n) is 18.5. The van der Waals surface area contributed by atoms with Crippen LogP contribution in [0.3, 0.4) is 0 Å². The number of ether oxygens (including phenoxy) is 1. The van der Waals surface area contributed by atoms with Crippen LogP contribution < -0.4 is 0 Å². The summed E-state index contributed by atoms with van der Waals surface area (Å²) in [5.41, 5.74) is 0. The van der Waals surface area contributed by atoms with Gasteiger partial charge in [-0.1, -0.05) is 84.0 Å². The summed E-state index contributed by atoms with van der Waals surface area (Å²) in [6, 6.07) is 0. The number of unbranched alkanes of at least 4 members (excludes halogenated alkanes) is 13. The highest BCUT2D eigenvalue weighted by atomic mass is 16.5. The van der Waals surface area contributed by atoms with Crippen molar-refractivity contribution in [3.05, 3.63) is 0 Å². The monoisotopic (exact) mass is 398 g/mol. The fourth-order valence-corrected chi connectivity index (χ4v) is 3.46. The summed E-state index contributed by atoms with van der Waals surface area (Å²) in [6.07, 6.45) is 20.8. The van der Waals surface area contributed by atoms with Crippen molar-refractivity contribution in [3.8, 4) is 0 Å². The van der Waals surface area contributed by atoms with Crippen LogP contribution >= 0.6 is 0 Å². The molecule has 0 saturated heterocycles. The Labute approximate surface area is 173 Å². The van der Waals surface area contributed by atoms with Gasteiger partial charge >= 0.3 is 5.97 Å². The van der Waals surface area contributed by atoms with Crippen LogP contribution in [0.1, 0.15) is 129 Å². The van der Waals surface area contributed by atoms with E-state index >= 15 is 0 Å². The van der Waals surface area contributed by atoms with Crippen molar-refractivity contribution in [3.63, 3.8) is 0 Å². The molecule has 0 atom stereocenters. The number of hydrogen-bond acceptors (Lipinski definition) is 3. The zero-order chi connectivity index (χ0) is 20.7. The number of aliphatic carboxylic acids is 1. The smallest absolute Gasteiger partial charge is 0.303 e. The second-order valence-electron chi connectivity index (χ2n) is 8.10. The van der Waals surface area contributed by atoms with Crippen LogP contribution in [0, 0.1) is 0 Å². The van der Waals surface area contributed by atoms with Crippen LogP contribution in [0.15, 0.2) is 0 Å². The van der Waals surface area contributed by atoms with E-state index in [9.17, 15) is 9.59 Å². The van der Waals surface area contributed by atoms with Crippen LogP contribution in [0.2, 0.25) is 0 Å². The highest BCUT2D eigenvalue weighted by Crippen LogP contribution is 2.14. The van der Waals surface area contributed by atoms with Gasteiger partial charge in [-0.15, -0.1) is 0 Å². The van der Waals surface area contributed by atoms with Gasteiger partial charge in [0.15, 0.2) is 0 Å². The van der Waals surface area contributed by atoms with Gasteiger partial charge < -0.3 is 9.84 Å². The summed E-state index contributed by atoms with van der Waals surface area (Å²) >= 11 is 0. The largest absolute Gasteiger partial charge is 0.481 e. The van der Waals surface area contributed by atoms with Gasteiger partial charge in [0.05, 0.1) is 0 Å². The number of Topliss-reactive ketones (excluding diaryl/α,β-unsaturated/α-hetero) is 1. The summed E-state index contributed by atoms with van der Waals surface area (Å²) in [6.45, 7) is 3.64. The molecule has 1 N–H and O–H groups in total. The van der Waals surface area contributed by atoms with E-state index in [0.29, 0.717) is 18.6 Å². The molecule has 0 saturated carbocycles. The Bertz CT molecular complexity index is 355. The van der Waals surface area contributed by atoms with Gasteiger partial charge in [0.2, 0.25) is 0 Å². The molecular formula is C24H46O4. The molecule has 0 amide bonds. The van der Waals surface area contributed by atoms with Gasteiger partial charge in [0.1, 0.15) is 5.78 Å². The molecule has 0 aliphatic rings. The van der Waals surface area contributed by atoms with E-state index in [1.165, 1.54) is 70.6 Å². The molecule has 0 fully saturated rings. The lowest BCUT2D eigenvalue weighted by Crippen LogP contribution is -2.02. The Kier molecular flexibility index (Phi) is 21.7. The molecular weight excluding hydrogens is 352 g/mol. The average molecular weight is 399 g/mol.